The maximum absolute atomic E-state index is 11.1. The van der Waals surface area contributed by atoms with Gasteiger partial charge in [0.2, 0.25) is 5.44 Å². The second-order valence-corrected chi connectivity index (χ2v) is 7.49. The first-order valence-electron chi connectivity index (χ1n) is 7.30. The Hall–Kier alpha value is -1.63. The molecule has 24 heavy (non-hydrogen) atoms. The summed E-state index contributed by atoms with van der Waals surface area (Å²) in [6.07, 6.45) is 0.881. The molecule has 0 aliphatic rings. The van der Waals surface area contributed by atoms with Gasteiger partial charge in [0, 0.05) is 4.57 Å². The molecule has 2 unspecified atom stereocenters. The van der Waals surface area contributed by atoms with Gasteiger partial charge >= 0.3 is 8.25 Å². The Morgan fingerprint density at radius 1 is 1.00 bits per heavy atom. The van der Waals surface area contributed by atoms with Gasteiger partial charge in [0.1, 0.15) is 0 Å². The van der Waals surface area contributed by atoms with Crippen molar-refractivity contribution < 1.29 is 27.0 Å². The molecule has 0 bridgehead atoms. The van der Waals surface area contributed by atoms with Crippen molar-refractivity contribution in [2.45, 2.75) is 24.7 Å². The molecule has 8 heteroatoms. The molecule has 2 aromatic carbocycles. The highest BCUT2D eigenvalue weighted by atomic mass is 32.2. The summed E-state index contributed by atoms with van der Waals surface area (Å²) < 4.78 is 46.2. The van der Waals surface area contributed by atoms with E-state index in [0.717, 1.165) is 16.7 Å². The first kappa shape index (κ1) is 18.7. The van der Waals surface area contributed by atoms with E-state index >= 15 is 0 Å². The van der Waals surface area contributed by atoms with Crippen LogP contribution in [0.2, 0.25) is 0 Å². The van der Waals surface area contributed by atoms with Crippen LogP contribution >= 0.6 is 8.25 Å². The highest BCUT2D eigenvalue weighted by molar-refractivity contribution is 7.86. The Morgan fingerprint density at radius 3 is 2.12 bits per heavy atom. The van der Waals surface area contributed by atoms with Crippen LogP contribution in [0.25, 0.3) is 11.1 Å². The van der Waals surface area contributed by atoms with Crippen molar-refractivity contribution in [3.05, 3.63) is 60.2 Å². The molecular weight excluding hydrogens is 351 g/mol. The summed E-state index contributed by atoms with van der Waals surface area (Å²) in [4.78, 5) is 8.65. The number of hydrogen-bond donors (Lipinski definition) is 2. The summed E-state index contributed by atoms with van der Waals surface area (Å²) in [5.74, 6) is 0. The van der Waals surface area contributed by atoms with Crippen LogP contribution in [0, 0.1) is 0 Å². The van der Waals surface area contributed by atoms with Crippen LogP contribution in [0.3, 0.4) is 0 Å². The van der Waals surface area contributed by atoms with Crippen LogP contribution in [0.5, 0.6) is 0 Å². The Morgan fingerprint density at radius 2 is 1.58 bits per heavy atom. The van der Waals surface area contributed by atoms with Crippen LogP contribution < -0.4 is 0 Å². The minimum absolute atomic E-state index is 0.0685. The lowest BCUT2D eigenvalue weighted by atomic mass is 10.0. The Balaban J connectivity index is 1.93. The van der Waals surface area contributed by atoms with Crippen molar-refractivity contribution in [3.8, 4) is 11.1 Å². The van der Waals surface area contributed by atoms with Crippen LogP contribution in [0.4, 0.5) is 0 Å². The zero-order valence-corrected chi connectivity index (χ0v) is 14.5. The SMILES string of the molecule is O=[P+](O)OC(CCCc1ccc(-c2ccccc2)cc1)S(=O)(=O)O. The summed E-state index contributed by atoms with van der Waals surface area (Å²) in [5, 5.41) is 0. The molecule has 6 nitrogen and oxygen atoms in total. The van der Waals surface area contributed by atoms with Crippen molar-refractivity contribution in [2.24, 2.45) is 0 Å². The lowest BCUT2D eigenvalue weighted by Gasteiger charge is -2.08. The Bertz CT molecular complexity index is 774. The monoisotopic (exact) mass is 369 g/mol. The third-order valence-corrected chi connectivity index (χ3v) is 5.08. The highest BCUT2D eigenvalue weighted by Gasteiger charge is 2.33. The van der Waals surface area contributed by atoms with E-state index in [-0.39, 0.29) is 6.42 Å². The Kier molecular flexibility index (Phi) is 6.60. The largest absolute Gasteiger partial charge is 0.696 e. The van der Waals surface area contributed by atoms with Crippen molar-refractivity contribution in [1.29, 1.82) is 0 Å². The van der Waals surface area contributed by atoms with E-state index in [1.54, 1.807) is 0 Å². The average molecular weight is 369 g/mol. The molecule has 2 aromatic rings. The van der Waals surface area contributed by atoms with Gasteiger partial charge in [-0.3, -0.25) is 4.55 Å². The lowest BCUT2D eigenvalue weighted by molar-refractivity contribution is 0.225. The van der Waals surface area contributed by atoms with Crippen LogP contribution in [0.15, 0.2) is 54.6 Å². The third-order valence-electron chi connectivity index (χ3n) is 3.51. The van der Waals surface area contributed by atoms with Gasteiger partial charge in [-0.2, -0.15) is 8.42 Å². The molecular formula is C16H18O6PS+. The summed E-state index contributed by atoms with van der Waals surface area (Å²) in [7, 11) is -7.62. The normalized spacial score (nSPS) is 13.5. The molecule has 0 aromatic heterocycles. The standard InChI is InChI=1S/C16H17O6PS/c17-23(18)22-16(24(19,20)21)8-4-5-13-9-11-15(12-10-13)14-6-2-1-3-7-14/h1-3,6-7,9-12,16H,4-5,8H2,(H-,17,18,19,20,21)/p+1. The first-order chi connectivity index (χ1) is 11.4. The summed E-state index contributed by atoms with van der Waals surface area (Å²) in [6.45, 7) is 0. The van der Waals surface area contributed by atoms with Crippen LogP contribution in [-0.4, -0.2) is 23.3 Å². The van der Waals surface area contributed by atoms with Crippen molar-refractivity contribution in [2.75, 3.05) is 0 Å². The molecule has 0 amide bonds. The van der Waals surface area contributed by atoms with E-state index in [0.29, 0.717) is 12.8 Å². The minimum atomic E-state index is -4.52. The molecule has 0 fully saturated rings. The molecule has 0 aliphatic carbocycles. The van der Waals surface area contributed by atoms with Crippen molar-refractivity contribution in [1.82, 2.24) is 0 Å². The predicted octanol–water partition coefficient (Wildman–Crippen LogP) is 3.56. The fraction of sp³-hybridized carbons (Fsp3) is 0.250. The van der Waals surface area contributed by atoms with E-state index in [2.05, 4.69) is 4.52 Å². The molecule has 0 spiro atoms. The maximum Gasteiger partial charge on any atom is 0.696 e. The van der Waals surface area contributed by atoms with Gasteiger partial charge in [-0.15, -0.1) is 4.89 Å². The lowest BCUT2D eigenvalue weighted by Crippen LogP contribution is -2.21. The zero-order chi connectivity index (χ0) is 17.6. The van der Waals surface area contributed by atoms with E-state index in [4.69, 9.17) is 9.45 Å². The predicted molar refractivity (Wildman–Crippen MR) is 91.1 cm³/mol. The van der Waals surface area contributed by atoms with Gasteiger partial charge in [-0.05, 0) is 36.0 Å². The smallest absolute Gasteiger partial charge is 0.283 e. The summed E-state index contributed by atoms with van der Waals surface area (Å²) >= 11 is 0. The third kappa shape index (κ3) is 5.78. The van der Waals surface area contributed by atoms with Gasteiger partial charge in [0.15, 0.2) is 0 Å². The van der Waals surface area contributed by atoms with Crippen molar-refractivity contribution in [3.63, 3.8) is 0 Å². The van der Waals surface area contributed by atoms with Crippen LogP contribution in [-0.2, 0) is 25.6 Å². The minimum Gasteiger partial charge on any atom is -0.283 e. The maximum atomic E-state index is 11.1. The van der Waals surface area contributed by atoms with E-state index in [1.807, 2.05) is 54.6 Å². The molecule has 128 valence electrons. The van der Waals surface area contributed by atoms with Gasteiger partial charge in [0.05, 0.1) is 0 Å². The number of hydrogen-bond acceptors (Lipinski definition) is 4. The van der Waals surface area contributed by atoms with Crippen molar-refractivity contribution >= 4 is 18.4 Å². The molecule has 0 saturated heterocycles. The fourth-order valence-corrected chi connectivity index (χ4v) is 3.75. The summed E-state index contributed by atoms with van der Waals surface area (Å²) in [6, 6.07) is 17.7. The molecule has 0 saturated carbocycles. The van der Waals surface area contributed by atoms with Gasteiger partial charge in [0.25, 0.3) is 10.1 Å². The summed E-state index contributed by atoms with van der Waals surface area (Å²) in [5.41, 5.74) is 1.50. The second kappa shape index (κ2) is 8.46. The highest BCUT2D eigenvalue weighted by Crippen LogP contribution is 2.25. The quantitative estimate of drug-likeness (QED) is 0.545. The topological polar surface area (TPSA) is 101 Å². The molecule has 0 radical (unpaired) electrons. The zero-order valence-electron chi connectivity index (χ0n) is 12.8. The van der Waals surface area contributed by atoms with Gasteiger partial charge in [-0.1, -0.05) is 59.1 Å². The van der Waals surface area contributed by atoms with Crippen LogP contribution in [0.1, 0.15) is 18.4 Å². The van der Waals surface area contributed by atoms with Gasteiger partial charge in [-0.25, -0.2) is 0 Å². The molecule has 2 N–H and O–H groups in total. The fourth-order valence-electron chi connectivity index (χ4n) is 2.32. The number of rotatable bonds is 8. The Labute approximate surface area is 141 Å². The van der Waals surface area contributed by atoms with E-state index in [1.165, 1.54) is 0 Å². The molecule has 0 aliphatic heterocycles. The number of benzene rings is 2. The molecule has 2 atom stereocenters. The average Bonchev–Trinajstić information content (AvgIpc) is 2.54. The second-order valence-electron chi connectivity index (χ2n) is 5.24. The van der Waals surface area contributed by atoms with Gasteiger partial charge < -0.3 is 0 Å². The van der Waals surface area contributed by atoms with E-state index in [9.17, 15) is 13.0 Å². The first-order valence-corrected chi connectivity index (χ1v) is 9.93. The molecule has 0 heterocycles. The van der Waals surface area contributed by atoms with E-state index < -0.39 is 23.8 Å². The molecule has 2 rings (SSSR count). The number of aryl methyl sites for hydroxylation is 1.